The number of ether oxygens (including phenoxy) is 1. The highest BCUT2D eigenvalue weighted by molar-refractivity contribution is 5.95. The van der Waals surface area contributed by atoms with E-state index in [1.54, 1.807) is 6.92 Å². The Labute approximate surface area is 130 Å². The van der Waals surface area contributed by atoms with Crippen LogP contribution in [0.3, 0.4) is 0 Å². The van der Waals surface area contributed by atoms with Crippen molar-refractivity contribution in [3.8, 4) is 0 Å². The Kier molecular flexibility index (Phi) is 4.92. The van der Waals surface area contributed by atoms with E-state index in [9.17, 15) is 19.7 Å². The molecule has 0 atom stereocenters. The summed E-state index contributed by atoms with van der Waals surface area (Å²) in [6.07, 6.45) is 3.96. The third-order valence-electron chi connectivity index (χ3n) is 2.80. The highest BCUT2D eigenvalue weighted by Gasteiger charge is 2.13. The van der Waals surface area contributed by atoms with E-state index in [2.05, 4.69) is 15.3 Å². The lowest BCUT2D eigenvalue weighted by Crippen LogP contribution is -2.21. The fourth-order valence-corrected chi connectivity index (χ4v) is 1.70. The molecule has 23 heavy (non-hydrogen) atoms. The number of esters is 1. The minimum atomic E-state index is -0.770. The van der Waals surface area contributed by atoms with Crippen LogP contribution >= 0.6 is 0 Å². The van der Waals surface area contributed by atoms with Gasteiger partial charge in [0.15, 0.2) is 12.3 Å². The van der Waals surface area contributed by atoms with Crippen molar-refractivity contribution in [3.05, 3.63) is 58.2 Å². The third kappa shape index (κ3) is 4.30. The lowest BCUT2D eigenvalue weighted by atomic mass is 10.2. The number of nitro benzene ring substituents is 1. The summed E-state index contributed by atoms with van der Waals surface area (Å²) < 4.78 is 4.80. The number of carbonyl (C=O) groups is 2. The molecule has 2 rings (SSSR count). The summed E-state index contributed by atoms with van der Waals surface area (Å²) in [6.45, 7) is 1.11. The van der Waals surface area contributed by atoms with Crippen molar-refractivity contribution < 1.29 is 19.2 Å². The summed E-state index contributed by atoms with van der Waals surface area (Å²) in [5.74, 6) is -1.34. The van der Waals surface area contributed by atoms with Crippen molar-refractivity contribution in [2.45, 2.75) is 6.92 Å². The lowest BCUT2D eigenvalue weighted by Gasteiger charge is -2.08. The average Bonchev–Trinajstić information content (AvgIpc) is 2.55. The number of hydrogen-bond donors (Lipinski definition) is 1. The molecule has 0 aliphatic heterocycles. The van der Waals surface area contributed by atoms with Crippen LogP contribution in [0.1, 0.15) is 16.1 Å². The number of carbonyl (C=O) groups excluding carboxylic acids is 2. The van der Waals surface area contributed by atoms with E-state index in [1.165, 1.54) is 36.8 Å². The highest BCUT2D eigenvalue weighted by Crippen LogP contribution is 2.21. The smallest absolute Gasteiger partial charge is 0.359 e. The van der Waals surface area contributed by atoms with Gasteiger partial charge in [-0.05, 0) is 18.6 Å². The van der Waals surface area contributed by atoms with E-state index in [4.69, 9.17) is 4.74 Å². The molecule has 0 aliphatic rings. The van der Waals surface area contributed by atoms with Crippen LogP contribution in [-0.2, 0) is 9.53 Å². The zero-order chi connectivity index (χ0) is 16.8. The lowest BCUT2D eigenvalue weighted by molar-refractivity contribution is -0.384. The number of aryl methyl sites for hydroxylation is 1. The second-order valence-corrected chi connectivity index (χ2v) is 4.47. The second kappa shape index (κ2) is 7.07. The van der Waals surface area contributed by atoms with Crippen molar-refractivity contribution in [1.29, 1.82) is 0 Å². The molecule has 0 radical (unpaired) electrons. The van der Waals surface area contributed by atoms with Crippen LogP contribution in [0.25, 0.3) is 0 Å². The summed E-state index contributed by atoms with van der Waals surface area (Å²) in [5.41, 5.74) is 0.838. The van der Waals surface area contributed by atoms with Gasteiger partial charge in [-0.2, -0.15) is 0 Å². The number of nitrogens with zero attached hydrogens (tertiary/aromatic N) is 3. The van der Waals surface area contributed by atoms with E-state index < -0.39 is 23.4 Å². The molecule has 1 heterocycles. The Hall–Kier alpha value is -3.36. The molecule has 118 valence electrons. The topological polar surface area (TPSA) is 124 Å². The number of non-ortho nitro benzene ring substituents is 1. The van der Waals surface area contributed by atoms with Crippen LogP contribution in [-0.4, -0.2) is 33.4 Å². The molecule has 2 aromatic rings. The van der Waals surface area contributed by atoms with Gasteiger partial charge in [0.25, 0.3) is 11.6 Å². The number of hydrogen-bond acceptors (Lipinski definition) is 7. The fourth-order valence-electron chi connectivity index (χ4n) is 1.70. The Bertz CT molecular complexity index is 748. The number of amides is 1. The van der Waals surface area contributed by atoms with E-state index in [0.29, 0.717) is 11.3 Å². The molecule has 0 fully saturated rings. The summed E-state index contributed by atoms with van der Waals surface area (Å²) >= 11 is 0. The molecule has 1 N–H and O–H groups in total. The van der Waals surface area contributed by atoms with Crippen molar-refractivity contribution in [2.24, 2.45) is 0 Å². The fraction of sp³-hybridized carbons (Fsp3) is 0.143. The third-order valence-corrected chi connectivity index (χ3v) is 2.80. The maximum Gasteiger partial charge on any atom is 0.359 e. The zero-order valence-electron chi connectivity index (χ0n) is 12.1. The molecule has 0 bridgehead atoms. The van der Waals surface area contributed by atoms with Gasteiger partial charge < -0.3 is 10.1 Å². The Balaban J connectivity index is 1.92. The minimum Gasteiger partial charge on any atom is -0.451 e. The monoisotopic (exact) mass is 316 g/mol. The molecule has 1 aromatic carbocycles. The molecule has 9 nitrogen and oxygen atoms in total. The van der Waals surface area contributed by atoms with Crippen LogP contribution in [0.2, 0.25) is 0 Å². The normalized spacial score (nSPS) is 9.96. The Morgan fingerprint density at radius 3 is 2.74 bits per heavy atom. The molecular weight excluding hydrogens is 304 g/mol. The molecule has 0 saturated heterocycles. The molecule has 0 saturated carbocycles. The van der Waals surface area contributed by atoms with Gasteiger partial charge in [0.05, 0.1) is 11.1 Å². The SMILES string of the molecule is Cc1cc([N+](=O)[O-])ccc1NC(=O)COC(=O)c1cnccn1. The van der Waals surface area contributed by atoms with E-state index in [0.717, 1.165) is 0 Å². The van der Waals surface area contributed by atoms with Gasteiger partial charge in [0.2, 0.25) is 0 Å². The van der Waals surface area contributed by atoms with Gasteiger partial charge in [0, 0.05) is 30.2 Å². The first-order valence-electron chi connectivity index (χ1n) is 6.45. The molecule has 9 heteroatoms. The minimum absolute atomic E-state index is 0.00758. The quantitative estimate of drug-likeness (QED) is 0.503. The van der Waals surface area contributed by atoms with Crippen LogP contribution in [0.15, 0.2) is 36.8 Å². The first-order chi connectivity index (χ1) is 11.0. The number of anilines is 1. The first kappa shape index (κ1) is 16.0. The van der Waals surface area contributed by atoms with E-state index >= 15 is 0 Å². The largest absolute Gasteiger partial charge is 0.451 e. The predicted octanol–water partition coefficient (Wildman–Crippen LogP) is 1.49. The molecular formula is C14H12N4O5. The summed E-state index contributed by atoms with van der Waals surface area (Å²) in [6, 6.07) is 4.02. The van der Waals surface area contributed by atoms with Gasteiger partial charge >= 0.3 is 5.97 Å². The summed E-state index contributed by atoms with van der Waals surface area (Å²) in [7, 11) is 0. The second-order valence-electron chi connectivity index (χ2n) is 4.47. The molecule has 0 unspecified atom stereocenters. The van der Waals surface area contributed by atoms with Gasteiger partial charge in [-0.25, -0.2) is 9.78 Å². The van der Waals surface area contributed by atoms with E-state index in [1.807, 2.05) is 0 Å². The first-order valence-corrected chi connectivity index (χ1v) is 6.45. The number of nitrogens with one attached hydrogen (secondary N) is 1. The van der Waals surface area contributed by atoms with E-state index in [-0.39, 0.29) is 11.4 Å². The average molecular weight is 316 g/mol. The van der Waals surface area contributed by atoms with Gasteiger partial charge in [-0.15, -0.1) is 0 Å². The standard InChI is InChI=1S/C14H12N4O5/c1-9-6-10(18(21)22)2-3-11(9)17-13(19)8-23-14(20)12-7-15-4-5-16-12/h2-7H,8H2,1H3,(H,17,19). The van der Waals surface area contributed by atoms with Crippen molar-refractivity contribution in [1.82, 2.24) is 9.97 Å². The predicted molar refractivity (Wildman–Crippen MR) is 78.8 cm³/mol. The summed E-state index contributed by atoms with van der Waals surface area (Å²) in [4.78, 5) is 41.0. The number of benzene rings is 1. The molecule has 0 aliphatic carbocycles. The maximum absolute atomic E-state index is 11.8. The van der Waals surface area contributed by atoms with Crippen LogP contribution in [0.4, 0.5) is 11.4 Å². The molecule has 0 spiro atoms. The number of aromatic nitrogens is 2. The number of nitro groups is 1. The van der Waals surface area contributed by atoms with Crippen LogP contribution < -0.4 is 5.32 Å². The van der Waals surface area contributed by atoms with Crippen molar-refractivity contribution in [2.75, 3.05) is 11.9 Å². The molecule has 1 amide bonds. The number of rotatable bonds is 5. The zero-order valence-corrected chi connectivity index (χ0v) is 12.1. The van der Waals surface area contributed by atoms with Gasteiger partial charge in [0.1, 0.15) is 0 Å². The van der Waals surface area contributed by atoms with Crippen LogP contribution in [0, 0.1) is 17.0 Å². The Morgan fingerprint density at radius 2 is 2.13 bits per heavy atom. The van der Waals surface area contributed by atoms with Crippen molar-refractivity contribution in [3.63, 3.8) is 0 Å². The van der Waals surface area contributed by atoms with Gasteiger partial charge in [-0.3, -0.25) is 19.9 Å². The summed E-state index contributed by atoms with van der Waals surface area (Å²) in [5, 5.41) is 13.2. The van der Waals surface area contributed by atoms with Gasteiger partial charge in [-0.1, -0.05) is 0 Å². The molecule has 1 aromatic heterocycles. The van der Waals surface area contributed by atoms with Crippen molar-refractivity contribution >= 4 is 23.3 Å². The maximum atomic E-state index is 11.8. The highest BCUT2D eigenvalue weighted by atomic mass is 16.6. The Morgan fingerprint density at radius 1 is 1.35 bits per heavy atom. The van der Waals surface area contributed by atoms with Crippen LogP contribution in [0.5, 0.6) is 0 Å².